The molecule has 0 unspecified atom stereocenters. The van der Waals surface area contributed by atoms with Gasteiger partial charge in [0.05, 0.1) is 6.04 Å². The minimum absolute atomic E-state index is 0. The Kier molecular flexibility index (Phi) is 4.32. The number of rotatable bonds is 1. The van der Waals surface area contributed by atoms with E-state index in [1.54, 1.807) is 0 Å². The molecule has 2 aliphatic rings. The van der Waals surface area contributed by atoms with E-state index in [1.807, 2.05) is 16.7 Å². The summed E-state index contributed by atoms with van der Waals surface area (Å²) < 4.78 is 0. The average molecular weight is 251 g/mol. The molecule has 0 aliphatic carbocycles. The van der Waals surface area contributed by atoms with Crippen molar-refractivity contribution in [1.82, 2.24) is 10.2 Å². The van der Waals surface area contributed by atoms with Crippen LogP contribution < -0.4 is 5.32 Å². The zero-order valence-electron chi connectivity index (χ0n) is 9.28. The smallest absolute Gasteiger partial charge is 0.240 e. The van der Waals surface area contributed by atoms with Crippen molar-refractivity contribution in [2.24, 2.45) is 5.41 Å². The van der Waals surface area contributed by atoms with Crippen molar-refractivity contribution >= 4 is 30.1 Å². The monoisotopic (exact) mass is 250 g/mol. The SMILES string of the molecule is CC1(C)CCN(C(=O)[C@H]2CSCN2)C1.Cl. The van der Waals surface area contributed by atoms with E-state index in [1.165, 1.54) is 0 Å². The van der Waals surface area contributed by atoms with Crippen LogP contribution in [0.3, 0.4) is 0 Å². The molecule has 1 amide bonds. The minimum atomic E-state index is 0. The maximum absolute atomic E-state index is 12.0. The lowest BCUT2D eigenvalue weighted by atomic mass is 9.93. The summed E-state index contributed by atoms with van der Waals surface area (Å²) in [5, 5.41) is 3.23. The van der Waals surface area contributed by atoms with Gasteiger partial charge in [0.15, 0.2) is 0 Å². The molecule has 0 radical (unpaired) electrons. The molecular formula is C10H19ClN2OS. The quantitative estimate of drug-likeness (QED) is 0.762. The number of amides is 1. The number of likely N-dealkylation sites (tertiary alicyclic amines) is 1. The van der Waals surface area contributed by atoms with Gasteiger partial charge in [-0.1, -0.05) is 13.8 Å². The first-order valence-corrected chi connectivity index (χ1v) is 6.34. The van der Waals surface area contributed by atoms with Gasteiger partial charge < -0.3 is 4.90 Å². The summed E-state index contributed by atoms with van der Waals surface area (Å²) in [6.45, 7) is 6.33. The average Bonchev–Trinajstić information content (AvgIpc) is 2.72. The van der Waals surface area contributed by atoms with Crippen molar-refractivity contribution in [3.05, 3.63) is 0 Å². The summed E-state index contributed by atoms with van der Waals surface area (Å²) in [4.78, 5) is 14.0. The molecule has 88 valence electrons. The minimum Gasteiger partial charge on any atom is -0.341 e. The van der Waals surface area contributed by atoms with Gasteiger partial charge in [-0.2, -0.15) is 0 Å². The predicted octanol–water partition coefficient (Wildman–Crippen LogP) is 1.33. The van der Waals surface area contributed by atoms with Gasteiger partial charge in [-0.3, -0.25) is 10.1 Å². The van der Waals surface area contributed by atoms with Crippen LogP contribution in [0.4, 0.5) is 0 Å². The van der Waals surface area contributed by atoms with Crippen molar-refractivity contribution in [1.29, 1.82) is 0 Å². The Hall–Kier alpha value is 0.0700. The van der Waals surface area contributed by atoms with Crippen LogP contribution in [0.2, 0.25) is 0 Å². The lowest BCUT2D eigenvalue weighted by molar-refractivity contribution is -0.131. The number of carbonyl (C=O) groups excluding carboxylic acids is 1. The largest absolute Gasteiger partial charge is 0.341 e. The number of nitrogens with one attached hydrogen (secondary N) is 1. The molecule has 2 fully saturated rings. The summed E-state index contributed by atoms with van der Waals surface area (Å²) in [6.07, 6.45) is 1.14. The van der Waals surface area contributed by atoms with E-state index < -0.39 is 0 Å². The normalized spacial score (nSPS) is 28.9. The van der Waals surface area contributed by atoms with Crippen LogP contribution in [0.5, 0.6) is 0 Å². The van der Waals surface area contributed by atoms with Gasteiger partial charge in [-0.25, -0.2) is 0 Å². The lowest BCUT2D eigenvalue weighted by Gasteiger charge is -2.22. The molecule has 2 heterocycles. The third-order valence-corrected chi connectivity index (χ3v) is 3.94. The Morgan fingerprint density at radius 2 is 2.27 bits per heavy atom. The molecule has 3 nitrogen and oxygen atoms in total. The fourth-order valence-corrected chi connectivity index (χ4v) is 3.01. The van der Waals surface area contributed by atoms with Crippen molar-refractivity contribution in [2.75, 3.05) is 24.7 Å². The zero-order valence-corrected chi connectivity index (χ0v) is 10.9. The van der Waals surface area contributed by atoms with E-state index in [0.29, 0.717) is 11.3 Å². The van der Waals surface area contributed by atoms with Crippen molar-refractivity contribution < 1.29 is 4.79 Å². The van der Waals surface area contributed by atoms with Crippen LogP contribution in [0.15, 0.2) is 0 Å². The fourth-order valence-electron chi connectivity index (χ4n) is 2.07. The number of hydrogen-bond donors (Lipinski definition) is 1. The summed E-state index contributed by atoms with van der Waals surface area (Å²) in [5.41, 5.74) is 0.321. The number of nitrogens with zero attached hydrogens (tertiary/aromatic N) is 1. The summed E-state index contributed by atoms with van der Waals surface area (Å²) in [7, 11) is 0. The summed E-state index contributed by atoms with van der Waals surface area (Å²) >= 11 is 1.81. The highest BCUT2D eigenvalue weighted by molar-refractivity contribution is 7.99. The maximum Gasteiger partial charge on any atom is 0.240 e. The first-order valence-electron chi connectivity index (χ1n) is 5.18. The van der Waals surface area contributed by atoms with Crippen molar-refractivity contribution in [2.45, 2.75) is 26.3 Å². The summed E-state index contributed by atoms with van der Waals surface area (Å²) in [5.74, 6) is 2.17. The molecule has 2 rings (SSSR count). The van der Waals surface area contributed by atoms with Gasteiger partial charge in [0.1, 0.15) is 0 Å². The lowest BCUT2D eigenvalue weighted by Crippen LogP contribution is -2.44. The molecule has 2 aliphatic heterocycles. The summed E-state index contributed by atoms with van der Waals surface area (Å²) in [6, 6.07) is 0.0777. The van der Waals surface area contributed by atoms with E-state index in [4.69, 9.17) is 0 Å². The van der Waals surface area contributed by atoms with Crippen molar-refractivity contribution in [3.63, 3.8) is 0 Å². The van der Waals surface area contributed by atoms with Crippen LogP contribution >= 0.6 is 24.2 Å². The molecular weight excluding hydrogens is 232 g/mol. The van der Waals surface area contributed by atoms with E-state index in [0.717, 1.165) is 31.1 Å². The van der Waals surface area contributed by atoms with Gasteiger partial charge in [-0.15, -0.1) is 24.2 Å². The highest BCUT2D eigenvalue weighted by atomic mass is 35.5. The standard InChI is InChI=1S/C10H18N2OS.ClH/c1-10(2)3-4-12(6-10)9(13)8-5-14-7-11-8;/h8,11H,3-7H2,1-2H3;1H/t8-;/m1./s1. The molecule has 2 saturated heterocycles. The fraction of sp³-hybridized carbons (Fsp3) is 0.900. The van der Waals surface area contributed by atoms with Crippen LogP contribution in [0, 0.1) is 5.41 Å². The Morgan fingerprint density at radius 1 is 1.53 bits per heavy atom. The molecule has 0 spiro atoms. The van der Waals surface area contributed by atoms with Crippen LogP contribution in [0.1, 0.15) is 20.3 Å². The van der Waals surface area contributed by atoms with E-state index in [9.17, 15) is 4.79 Å². The van der Waals surface area contributed by atoms with E-state index in [2.05, 4.69) is 19.2 Å². The number of thioether (sulfide) groups is 1. The third kappa shape index (κ3) is 3.02. The maximum atomic E-state index is 12.0. The van der Waals surface area contributed by atoms with Crippen molar-refractivity contribution in [3.8, 4) is 0 Å². The molecule has 0 saturated carbocycles. The van der Waals surface area contributed by atoms with Crippen LogP contribution in [-0.2, 0) is 4.79 Å². The topological polar surface area (TPSA) is 32.3 Å². The second-order valence-electron chi connectivity index (χ2n) is 4.95. The number of carbonyl (C=O) groups is 1. The third-order valence-electron chi connectivity index (χ3n) is 3.00. The van der Waals surface area contributed by atoms with Crippen LogP contribution in [-0.4, -0.2) is 41.6 Å². The Balaban J connectivity index is 0.00000112. The molecule has 0 aromatic heterocycles. The highest BCUT2D eigenvalue weighted by Crippen LogP contribution is 2.29. The Bertz CT molecular complexity index is 242. The zero-order chi connectivity index (χ0) is 10.2. The highest BCUT2D eigenvalue weighted by Gasteiger charge is 2.35. The Morgan fingerprint density at radius 3 is 2.73 bits per heavy atom. The Labute approximate surface area is 102 Å². The molecule has 5 heteroatoms. The molecule has 15 heavy (non-hydrogen) atoms. The second kappa shape index (κ2) is 4.93. The molecule has 1 N–H and O–H groups in total. The number of halogens is 1. The molecule has 0 bridgehead atoms. The second-order valence-corrected chi connectivity index (χ2v) is 5.98. The molecule has 0 aromatic carbocycles. The first kappa shape index (κ1) is 13.1. The van der Waals surface area contributed by atoms with Crippen LogP contribution in [0.25, 0.3) is 0 Å². The number of hydrogen-bond acceptors (Lipinski definition) is 3. The van der Waals surface area contributed by atoms with E-state index >= 15 is 0 Å². The van der Waals surface area contributed by atoms with Gasteiger partial charge >= 0.3 is 0 Å². The first-order chi connectivity index (χ1) is 6.58. The van der Waals surface area contributed by atoms with E-state index in [-0.39, 0.29) is 18.4 Å². The van der Waals surface area contributed by atoms with Gasteiger partial charge in [0, 0.05) is 24.7 Å². The predicted molar refractivity (Wildman–Crippen MR) is 66.5 cm³/mol. The van der Waals surface area contributed by atoms with Gasteiger partial charge in [0.25, 0.3) is 0 Å². The van der Waals surface area contributed by atoms with Gasteiger partial charge in [0.2, 0.25) is 5.91 Å². The van der Waals surface area contributed by atoms with Gasteiger partial charge in [-0.05, 0) is 11.8 Å². The molecule has 1 atom stereocenters. The molecule has 0 aromatic rings.